The summed E-state index contributed by atoms with van der Waals surface area (Å²) >= 11 is 0. The van der Waals surface area contributed by atoms with Crippen LogP contribution in [0.3, 0.4) is 0 Å². The predicted octanol–water partition coefficient (Wildman–Crippen LogP) is 1.97. The maximum Gasteiger partial charge on any atom is 0.229 e. The second kappa shape index (κ2) is 6.92. The molecule has 1 aliphatic carbocycles. The van der Waals surface area contributed by atoms with Gasteiger partial charge in [-0.05, 0) is 31.4 Å². The molecule has 25 heavy (non-hydrogen) atoms. The normalized spacial score (nSPS) is 20.8. The molecular formula is C18H23N5O2. The summed E-state index contributed by atoms with van der Waals surface area (Å²) < 4.78 is 5.31. The summed E-state index contributed by atoms with van der Waals surface area (Å²) in [5.41, 5.74) is 1.06. The van der Waals surface area contributed by atoms with E-state index in [4.69, 9.17) is 4.52 Å². The Morgan fingerprint density at radius 2 is 2.24 bits per heavy atom. The number of amides is 1. The number of carbonyl (C=O) groups excluding carboxylic acids is 1. The van der Waals surface area contributed by atoms with Gasteiger partial charge in [-0.3, -0.25) is 14.7 Å². The lowest BCUT2D eigenvalue weighted by molar-refractivity contribution is -0.131. The number of hydrogen-bond acceptors (Lipinski definition) is 6. The molecule has 0 aromatic carbocycles. The van der Waals surface area contributed by atoms with E-state index in [1.165, 1.54) is 0 Å². The molecule has 1 unspecified atom stereocenters. The monoisotopic (exact) mass is 341 g/mol. The Labute approximate surface area is 147 Å². The third kappa shape index (κ3) is 3.87. The van der Waals surface area contributed by atoms with Gasteiger partial charge in [-0.2, -0.15) is 4.98 Å². The number of rotatable bonds is 6. The van der Waals surface area contributed by atoms with Crippen molar-refractivity contribution < 1.29 is 9.32 Å². The molecule has 1 amide bonds. The zero-order valence-electron chi connectivity index (χ0n) is 14.5. The Hall–Kier alpha value is -2.28. The quantitative estimate of drug-likeness (QED) is 0.799. The van der Waals surface area contributed by atoms with Crippen LogP contribution in [0.25, 0.3) is 0 Å². The van der Waals surface area contributed by atoms with Crippen molar-refractivity contribution in [2.24, 2.45) is 0 Å². The highest BCUT2D eigenvalue weighted by Gasteiger charge is 2.32. The van der Waals surface area contributed by atoms with Crippen LogP contribution in [-0.4, -0.2) is 50.0 Å². The van der Waals surface area contributed by atoms with Gasteiger partial charge < -0.3 is 9.42 Å². The van der Waals surface area contributed by atoms with Crippen LogP contribution < -0.4 is 0 Å². The molecular weight excluding hydrogens is 318 g/mol. The Morgan fingerprint density at radius 1 is 1.36 bits per heavy atom. The molecule has 7 heteroatoms. The van der Waals surface area contributed by atoms with Crippen molar-refractivity contribution in [1.82, 2.24) is 24.9 Å². The first-order valence-corrected chi connectivity index (χ1v) is 8.91. The van der Waals surface area contributed by atoms with E-state index in [2.05, 4.69) is 20.0 Å². The van der Waals surface area contributed by atoms with E-state index in [-0.39, 0.29) is 11.9 Å². The Balaban J connectivity index is 1.38. The number of likely N-dealkylation sites (tertiary alicyclic amines) is 1. The molecule has 1 aliphatic heterocycles. The maximum absolute atomic E-state index is 12.2. The summed E-state index contributed by atoms with van der Waals surface area (Å²) in [5.74, 6) is 1.83. The average molecular weight is 341 g/mol. The molecule has 0 spiro atoms. The third-order valence-corrected chi connectivity index (χ3v) is 4.93. The highest BCUT2D eigenvalue weighted by Crippen LogP contribution is 2.38. The van der Waals surface area contributed by atoms with Crippen LogP contribution in [0, 0.1) is 0 Å². The molecule has 4 rings (SSSR count). The number of hydrogen-bond donors (Lipinski definition) is 0. The molecule has 0 bridgehead atoms. The van der Waals surface area contributed by atoms with Crippen molar-refractivity contribution in [2.75, 3.05) is 13.1 Å². The van der Waals surface area contributed by atoms with Crippen LogP contribution in [0.2, 0.25) is 0 Å². The van der Waals surface area contributed by atoms with Crippen LogP contribution in [-0.2, 0) is 17.9 Å². The molecule has 0 N–H and O–H groups in total. The van der Waals surface area contributed by atoms with Crippen LogP contribution in [0.15, 0.2) is 28.9 Å². The van der Waals surface area contributed by atoms with E-state index in [9.17, 15) is 4.79 Å². The van der Waals surface area contributed by atoms with Gasteiger partial charge in [0.05, 0.1) is 12.2 Å². The fourth-order valence-corrected chi connectivity index (χ4v) is 3.41. The van der Waals surface area contributed by atoms with E-state index < -0.39 is 0 Å². The van der Waals surface area contributed by atoms with E-state index >= 15 is 0 Å². The molecule has 7 nitrogen and oxygen atoms in total. The van der Waals surface area contributed by atoms with Gasteiger partial charge in [0.15, 0.2) is 5.82 Å². The van der Waals surface area contributed by atoms with Crippen molar-refractivity contribution in [3.05, 3.63) is 41.8 Å². The van der Waals surface area contributed by atoms with Gasteiger partial charge in [0.1, 0.15) is 0 Å². The lowest BCUT2D eigenvalue weighted by Gasteiger charge is -2.27. The van der Waals surface area contributed by atoms with Crippen LogP contribution in [0.5, 0.6) is 0 Å². The topological polar surface area (TPSA) is 75.4 Å². The molecule has 1 saturated carbocycles. The summed E-state index contributed by atoms with van der Waals surface area (Å²) in [7, 11) is 0. The highest BCUT2D eigenvalue weighted by atomic mass is 16.5. The number of pyridine rings is 1. The van der Waals surface area contributed by atoms with Gasteiger partial charge in [-0.1, -0.05) is 11.2 Å². The lowest BCUT2D eigenvalue weighted by atomic mass is 10.2. The minimum Gasteiger partial charge on any atom is -0.339 e. The summed E-state index contributed by atoms with van der Waals surface area (Å²) in [5, 5.41) is 4.05. The van der Waals surface area contributed by atoms with Gasteiger partial charge in [-0.25, -0.2) is 0 Å². The largest absolute Gasteiger partial charge is 0.339 e. The predicted molar refractivity (Wildman–Crippen MR) is 90.4 cm³/mol. The fourth-order valence-electron chi connectivity index (χ4n) is 3.41. The second-order valence-corrected chi connectivity index (χ2v) is 6.97. The first kappa shape index (κ1) is 16.2. The first-order valence-electron chi connectivity index (χ1n) is 8.91. The minimum absolute atomic E-state index is 0.0578. The number of carbonyl (C=O) groups is 1. The number of aromatic nitrogens is 3. The van der Waals surface area contributed by atoms with Crippen LogP contribution in [0.4, 0.5) is 0 Å². The molecule has 1 atom stereocenters. The highest BCUT2D eigenvalue weighted by molar-refractivity contribution is 5.73. The average Bonchev–Trinajstić information content (AvgIpc) is 3.18. The number of nitrogens with zero attached hydrogens (tertiary/aromatic N) is 5. The van der Waals surface area contributed by atoms with E-state index in [0.717, 1.165) is 50.5 Å². The van der Waals surface area contributed by atoms with Crippen molar-refractivity contribution in [1.29, 1.82) is 0 Å². The lowest BCUT2D eigenvalue weighted by Crippen LogP contribution is -2.40. The Bertz CT molecular complexity index is 728. The van der Waals surface area contributed by atoms with Gasteiger partial charge in [-0.15, -0.1) is 0 Å². The SMILES string of the molecule is CC(=O)N(Cc1noc(C2CC2)n1)C1CCN(Cc2ccccn2)C1. The van der Waals surface area contributed by atoms with Crippen molar-refractivity contribution in [3.63, 3.8) is 0 Å². The third-order valence-electron chi connectivity index (χ3n) is 4.93. The summed E-state index contributed by atoms with van der Waals surface area (Å²) in [4.78, 5) is 25.2. The van der Waals surface area contributed by atoms with E-state index in [0.29, 0.717) is 18.3 Å². The first-order chi connectivity index (χ1) is 12.2. The van der Waals surface area contributed by atoms with Crippen molar-refractivity contribution in [3.8, 4) is 0 Å². The van der Waals surface area contributed by atoms with Gasteiger partial charge in [0.2, 0.25) is 11.8 Å². The molecule has 2 fully saturated rings. The fraction of sp³-hybridized carbons (Fsp3) is 0.556. The van der Waals surface area contributed by atoms with Gasteiger partial charge >= 0.3 is 0 Å². The zero-order valence-corrected chi connectivity index (χ0v) is 14.5. The van der Waals surface area contributed by atoms with Gasteiger partial charge in [0.25, 0.3) is 0 Å². The Kier molecular flexibility index (Phi) is 4.48. The summed E-state index contributed by atoms with van der Waals surface area (Å²) in [6.07, 6.45) is 5.03. The zero-order chi connectivity index (χ0) is 17.2. The van der Waals surface area contributed by atoms with E-state index in [1.807, 2.05) is 29.3 Å². The smallest absolute Gasteiger partial charge is 0.229 e. The molecule has 2 aliphatic rings. The standard InChI is InChI=1S/C18H23N5O2/c1-13(24)23(12-17-20-18(25-21-17)14-5-6-14)16-7-9-22(11-16)10-15-4-2-3-8-19-15/h2-4,8,14,16H,5-7,9-12H2,1H3. The summed E-state index contributed by atoms with van der Waals surface area (Å²) in [6, 6.07) is 6.15. The van der Waals surface area contributed by atoms with Gasteiger partial charge in [0, 0.05) is 44.7 Å². The molecule has 132 valence electrons. The molecule has 3 heterocycles. The minimum atomic E-state index is 0.0578. The van der Waals surface area contributed by atoms with Crippen LogP contribution in [0.1, 0.15) is 49.5 Å². The second-order valence-electron chi connectivity index (χ2n) is 6.97. The van der Waals surface area contributed by atoms with Crippen LogP contribution >= 0.6 is 0 Å². The Morgan fingerprint density at radius 3 is 2.96 bits per heavy atom. The van der Waals surface area contributed by atoms with Crippen molar-refractivity contribution >= 4 is 5.91 Å². The molecule has 1 saturated heterocycles. The summed E-state index contributed by atoms with van der Waals surface area (Å²) in [6.45, 7) is 4.67. The molecule has 2 aromatic rings. The van der Waals surface area contributed by atoms with Crippen molar-refractivity contribution in [2.45, 2.75) is 51.2 Å². The molecule has 0 radical (unpaired) electrons. The maximum atomic E-state index is 12.2. The van der Waals surface area contributed by atoms with E-state index in [1.54, 1.807) is 6.92 Å². The molecule has 2 aromatic heterocycles.